The number of aromatic carboxylic acids is 1. The van der Waals surface area contributed by atoms with E-state index in [4.69, 9.17) is 10.8 Å². The number of anilines is 3. The van der Waals surface area contributed by atoms with Crippen molar-refractivity contribution in [3.63, 3.8) is 0 Å². The molecule has 0 fully saturated rings. The largest absolute Gasteiger partial charge is 0.478 e. The van der Waals surface area contributed by atoms with E-state index in [-0.39, 0.29) is 11.3 Å². The van der Waals surface area contributed by atoms with Crippen molar-refractivity contribution in [2.45, 2.75) is 13.8 Å². The van der Waals surface area contributed by atoms with Gasteiger partial charge in [-0.05, 0) is 49.2 Å². The van der Waals surface area contributed by atoms with E-state index in [2.05, 4.69) is 6.07 Å². The number of nitrogens with zero attached hydrogens (tertiary/aromatic N) is 1. The van der Waals surface area contributed by atoms with E-state index < -0.39 is 5.97 Å². The zero-order valence-corrected chi connectivity index (χ0v) is 11.8. The van der Waals surface area contributed by atoms with Gasteiger partial charge in [0.05, 0.1) is 16.9 Å². The molecule has 0 amide bonds. The minimum atomic E-state index is -1.02. The molecule has 0 aromatic heterocycles. The molecular weight excluding hydrogens is 252 g/mol. The maximum atomic E-state index is 11.1. The predicted molar refractivity (Wildman–Crippen MR) is 81.8 cm³/mol. The lowest BCUT2D eigenvalue weighted by molar-refractivity contribution is 0.0698. The highest BCUT2D eigenvalue weighted by Crippen LogP contribution is 2.32. The van der Waals surface area contributed by atoms with Crippen LogP contribution in [-0.4, -0.2) is 18.1 Å². The van der Waals surface area contributed by atoms with Gasteiger partial charge < -0.3 is 15.7 Å². The standard InChI is InChI=1S/C16H18N2O2/c1-10-7-11(2)9-12(8-10)18(3)14-6-4-5-13(15(14)17)16(19)20/h4-9H,17H2,1-3H3,(H,19,20). The maximum absolute atomic E-state index is 11.1. The van der Waals surface area contributed by atoms with Crippen LogP contribution in [0.1, 0.15) is 21.5 Å². The zero-order chi connectivity index (χ0) is 14.9. The van der Waals surface area contributed by atoms with E-state index in [1.54, 1.807) is 6.07 Å². The Morgan fingerprint density at radius 1 is 1.15 bits per heavy atom. The molecule has 3 N–H and O–H groups in total. The first-order valence-electron chi connectivity index (χ1n) is 6.34. The maximum Gasteiger partial charge on any atom is 0.337 e. The number of carboxylic acids is 1. The minimum Gasteiger partial charge on any atom is -0.478 e. The molecule has 0 saturated carbocycles. The Morgan fingerprint density at radius 3 is 2.30 bits per heavy atom. The molecule has 0 atom stereocenters. The Hall–Kier alpha value is -2.49. The summed E-state index contributed by atoms with van der Waals surface area (Å²) in [6.07, 6.45) is 0. The summed E-state index contributed by atoms with van der Waals surface area (Å²) >= 11 is 0. The summed E-state index contributed by atoms with van der Waals surface area (Å²) in [5.74, 6) is -1.02. The fraction of sp³-hybridized carbons (Fsp3) is 0.188. The molecule has 2 rings (SSSR count). The first kappa shape index (κ1) is 13.9. The molecule has 0 aliphatic carbocycles. The highest BCUT2D eigenvalue weighted by molar-refractivity contribution is 5.98. The number of aryl methyl sites for hydroxylation is 2. The van der Waals surface area contributed by atoms with Crippen molar-refractivity contribution < 1.29 is 9.90 Å². The monoisotopic (exact) mass is 270 g/mol. The van der Waals surface area contributed by atoms with Gasteiger partial charge in [0.15, 0.2) is 0 Å². The molecule has 0 aliphatic rings. The second kappa shape index (κ2) is 5.25. The number of carbonyl (C=O) groups is 1. The van der Waals surface area contributed by atoms with Crippen LogP contribution in [0.25, 0.3) is 0 Å². The molecule has 0 heterocycles. The summed E-state index contributed by atoms with van der Waals surface area (Å²) in [4.78, 5) is 13.0. The third kappa shape index (κ3) is 2.59. The van der Waals surface area contributed by atoms with Gasteiger partial charge in [0.25, 0.3) is 0 Å². The molecule has 0 bridgehead atoms. The number of rotatable bonds is 3. The second-order valence-electron chi connectivity index (χ2n) is 4.95. The summed E-state index contributed by atoms with van der Waals surface area (Å²) in [5, 5.41) is 9.13. The number of hydrogen-bond donors (Lipinski definition) is 2. The number of benzene rings is 2. The Balaban J connectivity index is 2.50. The van der Waals surface area contributed by atoms with Crippen LogP contribution in [0.5, 0.6) is 0 Å². The van der Waals surface area contributed by atoms with Crippen LogP contribution in [-0.2, 0) is 0 Å². The summed E-state index contributed by atoms with van der Waals surface area (Å²) in [6, 6.07) is 11.2. The second-order valence-corrected chi connectivity index (χ2v) is 4.95. The van der Waals surface area contributed by atoms with Gasteiger partial charge in [0.1, 0.15) is 0 Å². The molecule has 20 heavy (non-hydrogen) atoms. The van der Waals surface area contributed by atoms with Crippen molar-refractivity contribution in [3.8, 4) is 0 Å². The van der Waals surface area contributed by atoms with Crippen LogP contribution in [0.15, 0.2) is 36.4 Å². The van der Waals surface area contributed by atoms with E-state index in [1.165, 1.54) is 6.07 Å². The summed E-state index contributed by atoms with van der Waals surface area (Å²) in [6.45, 7) is 4.06. The van der Waals surface area contributed by atoms with Crippen LogP contribution in [0.3, 0.4) is 0 Å². The molecule has 0 unspecified atom stereocenters. The van der Waals surface area contributed by atoms with Crippen molar-refractivity contribution in [1.29, 1.82) is 0 Å². The lowest BCUT2D eigenvalue weighted by Crippen LogP contribution is -2.14. The Kier molecular flexibility index (Phi) is 3.66. The molecule has 4 nitrogen and oxygen atoms in total. The van der Waals surface area contributed by atoms with E-state index in [0.29, 0.717) is 5.69 Å². The van der Waals surface area contributed by atoms with Gasteiger partial charge in [-0.25, -0.2) is 4.79 Å². The van der Waals surface area contributed by atoms with Crippen LogP contribution in [0.4, 0.5) is 17.1 Å². The fourth-order valence-corrected chi connectivity index (χ4v) is 2.32. The van der Waals surface area contributed by atoms with E-state index in [1.807, 2.05) is 44.0 Å². The van der Waals surface area contributed by atoms with Gasteiger partial charge in [0, 0.05) is 12.7 Å². The fourth-order valence-electron chi connectivity index (χ4n) is 2.32. The quantitative estimate of drug-likeness (QED) is 0.839. The van der Waals surface area contributed by atoms with E-state index >= 15 is 0 Å². The molecule has 0 aliphatic heterocycles. The first-order valence-corrected chi connectivity index (χ1v) is 6.34. The molecular formula is C16H18N2O2. The average Bonchev–Trinajstić information content (AvgIpc) is 2.36. The number of nitrogens with two attached hydrogens (primary N) is 1. The van der Waals surface area contributed by atoms with E-state index in [9.17, 15) is 4.79 Å². The minimum absolute atomic E-state index is 0.124. The molecule has 0 radical (unpaired) electrons. The van der Waals surface area contributed by atoms with Crippen LogP contribution in [0.2, 0.25) is 0 Å². The highest BCUT2D eigenvalue weighted by Gasteiger charge is 2.14. The van der Waals surface area contributed by atoms with Gasteiger partial charge in [0.2, 0.25) is 0 Å². The SMILES string of the molecule is Cc1cc(C)cc(N(C)c2cccc(C(=O)O)c2N)c1. The Morgan fingerprint density at radius 2 is 1.75 bits per heavy atom. The molecule has 104 valence electrons. The van der Waals surface area contributed by atoms with Crippen molar-refractivity contribution in [2.75, 3.05) is 17.7 Å². The molecule has 2 aromatic rings. The van der Waals surface area contributed by atoms with Gasteiger partial charge in [-0.2, -0.15) is 0 Å². The van der Waals surface area contributed by atoms with Gasteiger partial charge in [-0.15, -0.1) is 0 Å². The van der Waals surface area contributed by atoms with Crippen LogP contribution >= 0.6 is 0 Å². The van der Waals surface area contributed by atoms with E-state index in [0.717, 1.165) is 16.8 Å². The number of hydrogen-bond acceptors (Lipinski definition) is 3. The molecule has 0 saturated heterocycles. The number of carboxylic acid groups (broad SMARTS) is 1. The van der Waals surface area contributed by atoms with Crippen molar-refractivity contribution >= 4 is 23.0 Å². The Labute approximate surface area is 118 Å². The lowest BCUT2D eigenvalue weighted by atomic mass is 10.1. The third-order valence-corrected chi connectivity index (χ3v) is 3.27. The first-order chi connectivity index (χ1) is 9.40. The normalized spacial score (nSPS) is 10.3. The number of para-hydroxylation sites is 1. The highest BCUT2D eigenvalue weighted by atomic mass is 16.4. The van der Waals surface area contributed by atoms with Gasteiger partial charge in [-0.1, -0.05) is 12.1 Å². The van der Waals surface area contributed by atoms with Crippen molar-refractivity contribution in [3.05, 3.63) is 53.1 Å². The zero-order valence-electron chi connectivity index (χ0n) is 11.8. The van der Waals surface area contributed by atoms with Crippen LogP contribution in [0, 0.1) is 13.8 Å². The summed E-state index contributed by atoms with van der Waals surface area (Å²) in [5.41, 5.74) is 10.4. The van der Waals surface area contributed by atoms with Gasteiger partial charge in [-0.3, -0.25) is 0 Å². The third-order valence-electron chi connectivity index (χ3n) is 3.27. The topological polar surface area (TPSA) is 66.6 Å². The molecule has 4 heteroatoms. The average molecular weight is 270 g/mol. The number of nitrogen functional groups attached to an aromatic ring is 1. The summed E-state index contributed by atoms with van der Waals surface area (Å²) < 4.78 is 0. The lowest BCUT2D eigenvalue weighted by Gasteiger charge is -2.23. The molecule has 2 aromatic carbocycles. The predicted octanol–water partition coefficient (Wildman–Crippen LogP) is 3.35. The van der Waals surface area contributed by atoms with Crippen molar-refractivity contribution in [1.82, 2.24) is 0 Å². The summed E-state index contributed by atoms with van der Waals surface area (Å²) in [7, 11) is 1.88. The molecule has 0 spiro atoms. The van der Waals surface area contributed by atoms with Crippen LogP contribution < -0.4 is 10.6 Å². The van der Waals surface area contributed by atoms with Crippen molar-refractivity contribution in [2.24, 2.45) is 0 Å². The Bertz CT molecular complexity index is 645. The smallest absolute Gasteiger partial charge is 0.337 e. The van der Waals surface area contributed by atoms with Gasteiger partial charge >= 0.3 is 5.97 Å².